The van der Waals surface area contributed by atoms with Crippen molar-refractivity contribution in [1.29, 1.82) is 5.26 Å². The highest BCUT2D eigenvalue weighted by Crippen LogP contribution is 2.27. The fourth-order valence-corrected chi connectivity index (χ4v) is 3.02. The van der Waals surface area contributed by atoms with Gasteiger partial charge in [-0.1, -0.05) is 30.3 Å². The molecule has 0 bridgehead atoms. The van der Waals surface area contributed by atoms with Crippen molar-refractivity contribution >= 4 is 22.4 Å². The summed E-state index contributed by atoms with van der Waals surface area (Å²) in [5.41, 5.74) is 1.84. The summed E-state index contributed by atoms with van der Waals surface area (Å²) < 4.78 is 0. The van der Waals surface area contributed by atoms with Crippen LogP contribution in [0.25, 0.3) is 21.9 Å². The number of carbonyl (C=O) groups excluding carboxylic acids is 1. The summed E-state index contributed by atoms with van der Waals surface area (Å²) in [5, 5.41) is 13.6. The van der Waals surface area contributed by atoms with Crippen LogP contribution in [0.3, 0.4) is 0 Å². The van der Waals surface area contributed by atoms with Crippen molar-refractivity contribution < 1.29 is 4.79 Å². The van der Waals surface area contributed by atoms with Gasteiger partial charge in [-0.25, -0.2) is 0 Å². The molecule has 0 atom stereocenters. The van der Waals surface area contributed by atoms with E-state index in [9.17, 15) is 9.59 Å². The summed E-state index contributed by atoms with van der Waals surface area (Å²) in [6.45, 7) is 0. The number of aromatic amines is 1. The number of amides is 1. The van der Waals surface area contributed by atoms with E-state index in [0.717, 1.165) is 16.3 Å². The van der Waals surface area contributed by atoms with Crippen molar-refractivity contribution in [3.05, 3.63) is 94.7 Å². The normalized spacial score (nSPS) is 10.4. The third-order valence-corrected chi connectivity index (χ3v) is 4.38. The van der Waals surface area contributed by atoms with Crippen molar-refractivity contribution in [2.75, 3.05) is 5.32 Å². The van der Waals surface area contributed by atoms with Gasteiger partial charge in [-0.3, -0.25) is 14.6 Å². The molecule has 134 valence electrons. The lowest BCUT2D eigenvalue weighted by Crippen LogP contribution is -2.23. The summed E-state index contributed by atoms with van der Waals surface area (Å²) in [7, 11) is 0. The number of fused-ring (bicyclic) bond motifs is 1. The standard InChI is InChI=1S/C22H14N4O2/c23-10-14-4-3-6-17(8-14)26-22(28)19-9-16(12-25-21(19)27)20-13-24-11-15-5-1-2-7-18(15)20/h1-9,11-13H,(H,25,27)(H,26,28). The topological polar surface area (TPSA) is 98.6 Å². The molecule has 2 N–H and O–H groups in total. The number of aromatic nitrogens is 2. The molecule has 0 aliphatic heterocycles. The zero-order valence-electron chi connectivity index (χ0n) is 14.6. The van der Waals surface area contributed by atoms with Crippen LogP contribution in [0.4, 0.5) is 5.69 Å². The van der Waals surface area contributed by atoms with E-state index in [1.807, 2.05) is 30.3 Å². The largest absolute Gasteiger partial charge is 0.328 e. The molecule has 6 heteroatoms. The fourth-order valence-electron chi connectivity index (χ4n) is 3.02. The van der Waals surface area contributed by atoms with Gasteiger partial charge in [0.1, 0.15) is 5.56 Å². The number of rotatable bonds is 3. The lowest BCUT2D eigenvalue weighted by Gasteiger charge is -2.09. The van der Waals surface area contributed by atoms with E-state index < -0.39 is 11.5 Å². The number of nitrogens with zero attached hydrogens (tertiary/aromatic N) is 2. The molecular weight excluding hydrogens is 352 g/mol. The molecule has 2 heterocycles. The summed E-state index contributed by atoms with van der Waals surface area (Å²) in [4.78, 5) is 31.8. The van der Waals surface area contributed by atoms with Crippen LogP contribution in [0, 0.1) is 11.3 Å². The Bertz CT molecular complexity index is 1300. The molecule has 2 aromatic carbocycles. The maximum atomic E-state index is 12.7. The van der Waals surface area contributed by atoms with Crippen LogP contribution in [0.1, 0.15) is 15.9 Å². The van der Waals surface area contributed by atoms with Crippen LogP contribution in [-0.2, 0) is 0 Å². The average Bonchev–Trinajstić information content (AvgIpc) is 2.74. The van der Waals surface area contributed by atoms with Crippen molar-refractivity contribution in [3.8, 4) is 17.2 Å². The predicted octanol–water partition coefficient (Wildman–Crippen LogP) is 3.71. The third-order valence-electron chi connectivity index (χ3n) is 4.38. The maximum absolute atomic E-state index is 12.7. The molecule has 4 aromatic rings. The number of nitrogens with one attached hydrogen (secondary N) is 2. The number of carbonyl (C=O) groups is 1. The molecule has 28 heavy (non-hydrogen) atoms. The van der Waals surface area contributed by atoms with Crippen LogP contribution in [0.15, 0.2) is 78.0 Å². The van der Waals surface area contributed by atoms with Gasteiger partial charge in [0.05, 0.1) is 11.6 Å². The van der Waals surface area contributed by atoms with Gasteiger partial charge in [0, 0.05) is 40.8 Å². The zero-order valence-corrected chi connectivity index (χ0v) is 14.6. The first-order valence-electron chi connectivity index (χ1n) is 8.53. The second-order valence-corrected chi connectivity index (χ2v) is 6.19. The summed E-state index contributed by atoms with van der Waals surface area (Å²) >= 11 is 0. The molecule has 0 aliphatic rings. The van der Waals surface area contributed by atoms with Gasteiger partial charge < -0.3 is 10.3 Å². The van der Waals surface area contributed by atoms with Crippen molar-refractivity contribution in [3.63, 3.8) is 0 Å². The second kappa shape index (κ2) is 7.17. The van der Waals surface area contributed by atoms with Gasteiger partial charge in [0.15, 0.2) is 0 Å². The molecular formula is C22H14N4O2. The van der Waals surface area contributed by atoms with Gasteiger partial charge in [0.25, 0.3) is 11.5 Å². The Morgan fingerprint density at radius 3 is 2.79 bits per heavy atom. The Hall–Kier alpha value is -4.24. The van der Waals surface area contributed by atoms with Crippen molar-refractivity contribution in [1.82, 2.24) is 9.97 Å². The van der Waals surface area contributed by atoms with Crippen LogP contribution >= 0.6 is 0 Å². The van der Waals surface area contributed by atoms with E-state index in [0.29, 0.717) is 16.8 Å². The van der Waals surface area contributed by atoms with Gasteiger partial charge in [-0.2, -0.15) is 5.26 Å². The van der Waals surface area contributed by atoms with Crippen LogP contribution < -0.4 is 10.9 Å². The van der Waals surface area contributed by atoms with E-state index >= 15 is 0 Å². The first-order valence-corrected chi connectivity index (χ1v) is 8.53. The minimum absolute atomic E-state index is 0.0206. The number of pyridine rings is 2. The molecule has 0 radical (unpaired) electrons. The molecule has 1 amide bonds. The van der Waals surface area contributed by atoms with E-state index in [1.54, 1.807) is 48.9 Å². The molecule has 0 saturated carbocycles. The van der Waals surface area contributed by atoms with E-state index in [2.05, 4.69) is 15.3 Å². The fraction of sp³-hybridized carbons (Fsp3) is 0. The Kier molecular flexibility index (Phi) is 4.40. The molecule has 0 aliphatic carbocycles. The van der Waals surface area contributed by atoms with E-state index in [-0.39, 0.29) is 5.56 Å². The quantitative estimate of drug-likeness (QED) is 0.577. The minimum atomic E-state index is -0.550. The molecule has 0 saturated heterocycles. The monoisotopic (exact) mass is 366 g/mol. The molecule has 0 unspecified atom stereocenters. The Balaban J connectivity index is 1.74. The lowest BCUT2D eigenvalue weighted by atomic mass is 10.0. The highest BCUT2D eigenvalue weighted by molar-refractivity contribution is 6.05. The van der Waals surface area contributed by atoms with E-state index in [4.69, 9.17) is 5.26 Å². The summed E-state index contributed by atoms with van der Waals surface area (Å²) in [6.07, 6.45) is 5.03. The molecule has 6 nitrogen and oxygen atoms in total. The molecule has 4 rings (SSSR count). The van der Waals surface area contributed by atoms with Gasteiger partial charge in [-0.15, -0.1) is 0 Å². The smallest absolute Gasteiger partial charge is 0.261 e. The second-order valence-electron chi connectivity index (χ2n) is 6.19. The Morgan fingerprint density at radius 1 is 1.07 bits per heavy atom. The number of nitriles is 1. The Morgan fingerprint density at radius 2 is 1.93 bits per heavy atom. The molecule has 2 aromatic heterocycles. The number of benzene rings is 2. The molecule has 0 spiro atoms. The number of anilines is 1. The minimum Gasteiger partial charge on any atom is -0.328 e. The van der Waals surface area contributed by atoms with Gasteiger partial charge in [-0.05, 0) is 29.7 Å². The summed E-state index contributed by atoms with van der Waals surface area (Å²) in [5.74, 6) is -0.550. The summed E-state index contributed by atoms with van der Waals surface area (Å²) in [6, 6.07) is 17.8. The van der Waals surface area contributed by atoms with Crippen LogP contribution in [0.2, 0.25) is 0 Å². The Labute approximate surface area is 160 Å². The van der Waals surface area contributed by atoms with Crippen molar-refractivity contribution in [2.45, 2.75) is 0 Å². The van der Waals surface area contributed by atoms with Gasteiger partial charge in [0.2, 0.25) is 0 Å². The average molecular weight is 366 g/mol. The highest BCUT2D eigenvalue weighted by Gasteiger charge is 2.14. The lowest BCUT2D eigenvalue weighted by molar-refractivity contribution is 0.102. The third kappa shape index (κ3) is 3.24. The van der Waals surface area contributed by atoms with Gasteiger partial charge >= 0.3 is 0 Å². The maximum Gasteiger partial charge on any atom is 0.261 e. The zero-order chi connectivity index (χ0) is 19.5. The number of hydrogen-bond donors (Lipinski definition) is 2. The first kappa shape index (κ1) is 17.2. The first-order chi connectivity index (χ1) is 13.7. The highest BCUT2D eigenvalue weighted by atomic mass is 16.2. The predicted molar refractivity (Wildman–Crippen MR) is 107 cm³/mol. The van der Waals surface area contributed by atoms with E-state index in [1.165, 1.54) is 0 Å². The number of H-pyrrole nitrogens is 1. The SMILES string of the molecule is N#Cc1cccc(NC(=O)c2cc(-c3cncc4ccccc34)c[nH]c2=O)c1. The number of hydrogen-bond acceptors (Lipinski definition) is 4. The molecule has 0 fully saturated rings. The van der Waals surface area contributed by atoms with Crippen molar-refractivity contribution in [2.24, 2.45) is 0 Å². The van der Waals surface area contributed by atoms with Crippen LogP contribution in [0.5, 0.6) is 0 Å². The van der Waals surface area contributed by atoms with Crippen LogP contribution in [-0.4, -0.2) is 15.9 Å².